The van der Waals surface area contributed by atoms with Crippen molar-refractivity contribution in [2.45, 2.75) is 6.61 Å². The van der Waals surface area contributed by atoms with Crippen molar-refractivity contribution in [1.29, 1.82) is 0 Å². The zero-order valence-corrected chi connectivity index (χ0v) is 23.0. The first kappa shape index (κ1) is 26.5. The summed E-state index contributed by atoms with van der Waals surface area (Å²) in [5, 5.41) is 8.04. The monoisotopic (exact) mass is 549 g/mol. The van der Waals surface area contributed by atoms with Crippen LogP contribution in [0.5, 0.6) is 11.5 Å². The molecule has 0 saturated heterocycles. The number of nitrogens with zero attached hydrogens (tertiary/aromatic N) is 3. The molecule has 0 N–H and O–H groups in total. The van der Waals surface area contributed by atoms with E-state index in [1.54, 1.807) is 4.68 Å². The molecule has 1 aromatic heterocycles. The van der Waals surface area contributed by atoms with Crippen LogP contribution in [-0.2, 0) is 18.4 Å². The summed E-state index contributed by atoms with van der Waals surface area (Å²) in [4.78, 5) is 14.4. The maximum absolute atomic E-state index is 14.4. The minimum Gasteiger partial charge on any atom is -0.487 e. The average molecular weight is 550 g/mol. The van der Waals surface area contributed by atoms with E-state index in [-0.39, 0.29) is 12.4 Å². The molecule has 0 unspecified atom stereocenters. The lowest BCUT2D eigenvalue weighted by Crippen LogP contribution is -2.01. The zero-order chi connectivity index (χ0) is 28.9. The molecule has 1 aliphatic rings. The van der Waals surface area contributed by atoms with E-state index in [1.807, 2.05) is 122 Å². The maximum Gasteiger partial charge on any atom is 0.195 e. The van der Waals surface area contributed by atoms with Crippen molar-refractivity contribution in [2.24, 2.45) is 7.05 Å². The molecule has 0 atom stereocenters. The van der Waals surface area contributed by atoms with E-state index in [2.05, 4.69) is 16.2 Å². The first-order chi connectivity index (χ1) is 20.6. The molecular formula is C36H27N3O3. The molecule has 1 heterocycles. The van der Waals surface area contributed by atoms with Crippen LogP contribution in [0.25, 0.3) is 22.3 Å². The normalized spacial score (nSPS) is 12.9. The number of hydrogen-bond acceptors (Lipinski definition) is 5. The van der Waals surface area contributed by atoms with Gasteiger partial charge in [-0.2, -0.15) is 0 Å². The number of terminal acetylenes is 1. The van der Waals surface area contributed by atoms with E-state index in [0.717, 1.165) is 39.1 Å². The second-order valence-electron chi connectivity index (χ2n) is 9.77. The predicted octanol–water partition coefficient (Wildman–Crippen LogP) is 6.51. The highest BCUT2D eigenvalue weighted by molar-refractivity contribution is 6.59. The molecule has 42 heavy (non-hydrogen) atoms. The lowest BCUT2D eigenvalue weighted by atomic mass is 9.89. The summed E-state index contributed by atoms with van der Waals surface area (Å²) in [6.45, 7) is 0.491. The Morgan fingerprint density at radius 2 is 1.14 bits per heavy atom. The summed E-state index contributed by atoms with van der Waals surface area (Å²) in [7, 11) is 1.82. The Hall–Kier alpha value is -5.67. The van der Waals surface area contributed by atoms with Gasteiger partial charge in [-0.3, -0.25) is 9.48 Å². The Morgan fingerprint density at radius 1 is 0.667 bits per heavy atom. The summed E-state index contributed by atoms with van der Waals surface area (Å²) in [5.41, 5.74) is 7.31. The van der Waals surface area contributed by atoms with Crippen LogP contribution in [0, 0.1) is 12.3 Å². The largest absolute Gasteiger partial charge is 0.487 e. The predicted molar refractivity (Wildman–Crippen MR) is 164 cm³/mol. The zero-order valence-electron chi connectivity index (χ0n) is 23.0. The quantitative estimate of drug-likeness (QED) is 0.196. The van der Waals surface area contributed by atoms with Crippen LogP contribution in [0.15, 0.2) is 115 Å². The highest BCUT2D eigenvalue weighted by Crippen LogP contribution is 2.50. The first-order valence-corrected chi connectivity index (χ1v) is 13.5. The first-order valence-electron chi connectivity index (χ1n) is 13.5. The number of benzene rings is 4. The lowest BCUT2D eigenvalue weighted by molar-refractivity contribution is -0.108. The van der Waals surface area contributed by atoms with Crippen molar-refractivity contribution in [1.82, 2.24) is 15.0 Å². The Morgan fingerprint density at radius 3 is 1.60 bits per heavy atom. The van der Waals surface area contributed by atoms with E-state index in [1.165, 1.54) is 0 Å². The third-order valence-corrected chi connectivity index (χ3v) is 6.97. The van der Waals surface area contributed by atoms with Gasteiger partial charge in [0.2, 0.25) is 0 Å². The number of aryl methyl sites for hydroxylation is 1. The van der Waals surface area contributed by atoms with Gasteiger partial charge >= 0.3 is 0 Å². The van der Waals surface area contributed by atoms with E-state index in [0.29, 0.717) is 29.3 Å². The summed E-state index contributed by atoms with van der Waals surface area (Å²) in [6, 6.07) is 35.2. The summed E-state index contributed by atoms with van der Waals surface area (Å²) >= 11 is 0. The molecule has 1 aliphatic carbocycles. The molecule has 0 fully saturated rings. The van der Waals surface area contributed by atoms with Gasteiger partial charge < -0.3 is 9.47 Å². The van der Waals surface area contributed by atoms with Crippen LogP contribution in [0.4, 0.5) is 0 Å². The number of rotatable bonds is 9. The maximum atomic E-state index is 14.4. The highest BCUT2D eigenvalue weighted by Gasteiger charge is 2.35. The topological polar surface area (TPSA) is 66.2 Å². The van der Waals surface area contributed by atoms with Crippen molar-refractivity contribution >= 4 is 28.1 Å². The van der Waals surface area contributed by atoms with Gasteiger partial charge in [-0.05, 0) is 46.5 Å². The van der Waals surface area contributed by atoms with E-state index in [9.17, 15) is 4.79 Å². The van der Waals surface area contributed by atoms with E-state index < -0.39 is 0 Å². The van der Waals surface area contributed by atoms with Crippen LogP contribution >= 0.6 is 0 Å². The molecule has 5 aromatic rings. The Bertz CT molecular complexity index is 1830. The van der Waals surface area contributed by atoms with Gasteiger partial charge in [-0.1, -0.05) is 96.1 Å². The molecule has 0 radical (unpaired) electrons. The van der Waals surface area contributed by atoms with Gasteiger partial charge in [0.25, 0.3) is 0 Å². The third-order valence-electron chi connectivity index (χ3n) is 6.97. The number of ketones is 1. The van der Waals surface area contributed by atoms with Crippen molar-refractivity contribution in [3.05, 3.63) is 143 Å². The number of Topliss-reactive ketones (excluding diaryl/α,β-unsaturated/α-hetero) is 1. The minimum absolute atomic E-state index is 0.0203. The average Bonchev–Trinajstić information content (AvgIpc) is 3.60. The Labute approximate surface area is 244 Å². The van der Waals surface area contributed by atoms with Crippen molar-refractivity contribution in [2.75, 3.05) is 6.61 Å². The fraction of sp³-hybridized carbons (Fsp3) is 0.0833. The van der Waals surface area contributed by atoms with E-state index in [4.69, 9.17) is 15.9 Å². The third kappa shape index (κ3) is 5.36. The number of aromatic nitrogens is 3. The second-order valence-corrected chi connectivity index (χ2v) is 9.77. The standard InChI is InChI=1S/C36H27N3O3/c1-3-22-41-30-18-14-27(15-19-30)32-33(28-16-20-31(21-17-28)42-24-29-23-39(2)38-37-29)35(26-12-8-5-9-13-26)36(40)34(32)25-10-6-4-7-11-25/h1,4-21,23H,22,24H2,2H3. The number of carbonyl (C=O) groups is 1. The molecule has 6 rings (SSSR count). The molecule has 204 valence electrons. The SMILES string of the molecule is C#CCOc1ccc(C2=C(c3ccccc3)C(=O)C(c3ccccc3)=C2c2ccc(OCc3cn(C)nn3)cc2)cc1. The smallest absolute Gasteiger partial charge is 0.195 e. The van der Waals surface area contributed by atoms with Crippen LogP contribution in [0.2, 0.25) is 0 Å². The van der Waals surface area contributed by atoms with Gasteiger partial charge in [0.1, 0.15) is 30.4 Å². The van der Waals surface area contributed by atoms with Gasteiger partial charge in [0.05, 0.1) is 6.20 Å². The molecule has 0 saturated carbocycles. The summed E-state index contributed by atoms with van der Waals surface area (Å²) in [5.74, 6) is 3.84. The Kier molecular flexibility index (Phi) is 7.48. The van der Waals surface area contributed by atoms with Gasteiger partial charge in [-0.25, -0.2) is 0 Å². The fourth-order valence-corrected chi connectivity index (χ4v) is 5.12. The number of hydrogen-bond donors (Lipinski definition) is 0. The van der Waals surface area contributed by atoms with Crippen molar-refractivity contribution in [3.8, 4) is 23.8 Å². The fourth-order valence-electron chi connectivity index (χ4n) is 5.12. The molecule has 0 bridgehead atoms. The molecule has 4 aromatic carbocycles. The number of allylic oxidation sites excluding steroid dienone is 4. The van der Waals surface area contributed by atoms with Crippen LogP contribution in [0.3, 0.4) is 0 Å². The second kappa shape index (κ2) is 11.8. The molecule has 0 amide bonds. The van der Waals surface area contributed by atoms with Gasteiger partial charge in [0.15, 0.2) is 5.78 Å². The van der Waals surface area contributed by atoms with Crippen molar-refractivity contribution < 1.29 is 14.3 Å². The van der Waals surface area contributed by atoms with Crippen LogP contribution in [0.1, 0.15) is 27.9 Å². The molecule has 0 aliphatic heterocycles. The van der Waals surface area contributed by atoms with E-state index >= 15 is 0 Å². The van der Waals surface area contributed by atoms with Gasteiger partial charge in [0, 0.05) is 29.3 Å². The van der Waals surface area contributed by atoms with Crippen molar-refractivity contribution in [3.63, 3.8) is 0 Å². The molecular weight excluding hydrogens is 522 g/mol. The number of ether oxygens (including phenoxy) is 2. The van der Waals surface area contributed by atoms with Gasteiger partial charge in [-0.15, -0.1) is 11.5 Å². The summed E-state index contributed by atoms with van der Waals surface area (Å²) < 4.78 is 13.2. The summed E-state index contributed by atoms with van der Waals surface area (Å²) in [6.07, 6.45) is 7.20. The van der Waals surface area contributed by atoms with Crippen LogP contribution in [-0.4, -0.2) is 27.4 Å². The highest BCUT2D eigenvalue weighted by atomic mass is 16.5. The van der Waals surface area contributed by atoms with Crippen LogP contribution < -0.4 is 9.47 Å². The molecule has 6 nitrogen and oxygen atoms in total. The lowest BCUT2D eigenvalue weighted by Gasteiger charge is -2.15. The number of carbonyl (C=O) groups excluding carboxylic acids is 1. The Balaban J connectivity index is 1.48. The molecule has 0 spiro atoms. The minimum atomic E-state index is -0.0203. The molecule has 6 heteroatoms.